The van der Waals surface area contributed by atoms with Gasteiger partial charge in [0, 0.05) is 18.0 Å². The third-order valence-corrected chi connectivity index (χ3v) is 3.72. The molecule has 0 unspecified atom stereocenters. The third-order valence-electron chi connectivity index (χ3n) is 3.72. The smallest absolute Gasteiger partial charge is 0.411 e. The molecule has 0 N–H and O–H groups in total. The van der Waals surface area contributed by atoms with E-state index in [2.05, 4.69) is 15.6 Å². The number of terminal acetylenes is 1. The van der Waals surface area contributed by atoms with Gasteiger partial charge in [-0.25, -0.2) is 9.18 Å². The predicted molar refractivity (Wildman–Crippen MR) is 85.8 cm³/mol. The van der Waals surface area contributed by atoms with Gasteiger partial charge >= 0.3 is 12.7 Å². The molecule has 3 rings (SSSR count). The van der Waals surface area contributed by atoms with Crippen molar-refractivity contribution in [3.63, 3.8) is 0 Å². The molecule has 1 atom stereocenters. The highest BCUT2D eigenvalue weighted by Crippen LogP contribution is 2.28. The number of alkyl halides is 2. The monoisotopic (exact) mass is 362 g/mol. The van der Waals surface area contributed by atoms with E-state index in [1.54, 1.807) is 12.3 Å². The second-order valence-corrected chi connectivity index (χ2v) is 5.53. The number of hydrogen-bond acceptors (Lipinski definition) is 4. The van der Waals surface area contributed by atoms with E-state index in [0.717, 1.165) is 6.07 Å². The number of hydrogen-bond donors (Lipinski definition) is 0. The number of rotatable bonds is 5. The molecule has 2 heterocycles. The number of amides is 1. The molecule has 2 aromatic rings. The maximum absolute atomic E-state index is 13.6. The molecule has 0 spiro atoms. The fraction of sp³-hybridized carbons (Fsp3) is 0.222. The molecule has 8 heteroatoms. The minimum atomic E-state index is -3.13. The first-order valence-electron chi connectivity index (χ1n) is 7.56. The topological polar surface area (TPSA) is 51.7 Å². The van der Waals surface area contributed by atoms with Crippen molar-refractivity contribution in [2.24, 2.45) is 0 Å². The van der Waals surface area contributed by atoms with Crippen LogP contribution in [0.1, 0.15) is 5.56 Å². The van der Waals surface area contributed by atoms with Gasteiger partial charge in [0.15, 0.2) is 17.7 Å². The summed E-state index contributed by atoms with van der Waals surface area (Å²) in [6.45, 7) is -2.64. The molecule has 0 saturated carbocycles. The summed E-state index contributed by atoms with van der Waals surface area (Å²) in [6.07, 6.45) is 7.19. The van der Waals surface area contributed by atoms with Gasteiger partial charge in [0.2, 0.25) is 0 Å². The summed E-state index contributed by atoms with van der Waals surface area (Å²) in [6, 6.07) is 5.34. The van der Waals surface area contributed by atoms with Crippen LogP contribution in [0.15, 0.2) is 36.7 Å². The van der Waals surface area contributed by atoms with Crippen LogP contribution in [-0.2, 0) is 11.3 Å². The molecular formula is C18H13F3N2O3. The molecule has 26 heavy (non-hydrogen) atoms. The van der Waals surface area contributed by atoms with Gasteiger partial charge in [0.05, 0.1) is 13.1 Å². The van der Waals surface area contributed by atoms with Crippen molar-refractivity contribution in [3.05, 3.63) is 48.0 Å². The summed E-state index contributed by atoms with van der Waals surface area (Å²) in [7, 11) is 0. The number of nitrogens with zero attached hydrogens (tertiary/aromatic N) is 2. The van der Waals surface area contributed by atoms with Crippen molar-refractivity contribution in [3.8, 4) is 29.2 Å². The van der Waals surface area contributed by atoms with Gasteiger partial charge < -0.3 is 9.47 Å². The van der Waals surface area contributed by atoms with Crippen LogP contribution in [0.2, 0.25) is 0 Å². The first-order valence-corrected chi connectivity index (χ1v) is 7.56. The highest BCUT2D eigenvalue weighted by atomic mass is 19.3. The van der Waals surface area contributed by atoms with Crippen molar-refractivity contribution in [2.75, 3.05) is 6.54 Å². The van der Waals surface area contributed by atoms with E-state index >= 15 is 0 Å². The van der Waals surface area contributed by atoms with Crippen molar-refractivity contribution in [1.82, 2.24) is 9.88 Å². The largest absolute Gasteiger partial charge is 0.432 e. The van der Waals surface area contributed by atoms with Crippen LogP contribution in [0, 0.1) is 18.2 Å². The van der Waals surface area contributed by atoms with Gasteiger partial charge in [-0.05, 0) is 29.3 Å². The zero-order chi connectivity index (χ0) is 18.7. The fourth-order valence-electron chi connectivity index (χ4n) is 2.55. The average Bonchev–Trinajstić information content (AvgIpc) is 2.96. The maximum Gasteiger partial charge on any atom is 0.411 e. The Morgan fingerprint density at radius 3 is 2.85 bits per heavy atom. The molecule has 0 bridgehead atoms. The number of carbonyl (C=O) groups excluding carboxylic acids is 1. The molecule has 1 fully saturated rings. The lowest BCUT2D eigenvalue weighted by molar-refractivity contribution is -0.0521. The Bertz CT molecular complexity index is 867. The van der Waals surface area contributed by atoms with Crippen molar-refractivity contribution in [2.45, 2.75) is 19.3 Å². The SMILES string of the molecule is C#C[C@H]1CN(Cc2cncc(-c3ccc(F)c(OC(F)F)c3)c2)C(=O)O1. The Kier molecular flexibility index (Phi) is 4.98. The van der Waals surface area contributed by atoms with Gasteiger partial charge in [-0.3, -0.25) is 9.88 Å². The van der Waals surface area contributed by atoms with Crippen LogP contribution >= 0.6 is 0 Å². The number of benzene rings is 1. The first-order chi connectivity index (χ1) is 12.5. The Hall–Kier alpha value is -3.21. The lowest BCUT2D eigenvalue weighted by Crippen LogP contribution is -2.24. The Labute approximate surface area is 147 Å². The molecule has 1 aromatic carbocycles. The number of pyridine rings is 1. The second kappa shape index (κ2) is 7.35. The normalized spacial score (nSPS) is 16.5. The van der Waals surface area contributed by atoms with Gasteiger partial charge in [0.1, 0.15) is 0 Å². The number of halogens is 3. The number of carbonyl (C=O) groups is 1. The minimum absolute atomic E-state index is 0.222. The van der Waals surface area contributed by atoms with Crippen LogP contribution < -0.4 is 4.74 Å². The van der Waals surface area contributed by atoms with E-state index in [4.69, 9.17) is 11.2 Å². The van der Waals surface area contributed by atoms with E-state index < -0.39 is 30.4 Å². The molecule has 1 aliphatic rings. The lowest BCUT2D eigenvalue weighted by atomic mass is 10.1. The highest BCUT2D eigenvalue weighted by molar-refractivity contribution is 5.71. The quantitative estimate of drug-likeness (QED) is 0.765. The van der Waals surface area contributed by atoms with Crippen LogP contribution in [0.4, 0.5) is 18.0 Å². The average molecular weight is 362 g/mol. The van der Waals surface area contributed by atoms with Crippen LogP contribution in [0.25, 0.3) is 11.1 Å². The molecule has 1 aliphatic heterocycles. The first kappa shape index (κ1) is 17.6. The highest BCUT2D eigenvalue weighted by Gasteiger charge is 2.29. The van der Waals surface area contributed by atoms with Crippen LogP contribution in [-0.4, -0.2) is 35.2 Å². The summed E-state index contributed by atoms with van der Waals surface area (Å²) in [5.41, 5.74) is 1.68. The number of aromatic nitrogens is 1. The molecule has 5 nitrogen and oxygen atoms in total. The van der Waals surface area contributed by atoms with Gasteiger partial charge in [-0.2, -0.15) is 8.78 Å². The maximum atomic E-state index is 13.6. The van der Waals surface area contributed by atoms with E-state index in [9.17, 15) is 18.0 Å². The summed E-state index contributed by atoms with van der Waals surface area (Å²) in [5.74, 6) is 0.920. The number of ether oxygens (including phenoxy) is 2. The Balaban J connectivity index is 1.82. The molecule has 1 saturated heterocycles. The third kappa shape index (κ3) is 3.88. The summed E-state index contributed by atoms with van der Waals surface area (Å²) >= 11 is 0. The van der Waals surface area contributed by atoms with Gasteiger partial charge in [-0.15, -0.1) is 6.42 Å². The molecule has 1 amide bonds. The van der Waals surface area contributed by atoms with Crippen molar-refractivity contribution in [1.29, 1.82) is 0 Å². The Morgan fingerprint density at radius 2 is 2.15 bits per heavy atom. The lowest BCUT2D eigenvalue weighted by Gasteiger charge is -2.13. The second-order valence-electron chi connectivity index (χ2n) is 5.53. The fourth-order valence-corrected chi connectivity index (χ4v) is 2.55. The summed E-state index contributed by atoms with van der Waals surface area (Å²) in [4.78, 5) is 17.3. The van der Waals surface area contributed by atoms with Gasteiger partial charge in [-0.1, -0.05) is 12.0 Å². The van der Waals surface area contributed by atoms with E-state index in [1.165, 1.54) is 23.2 Å². The standard InChI is InChI=1S/C18H13F3N2O3/c1-2-14-10-23(18(24)25-14)9-11-5-13(8-22-7-11)12-3-4-15(19)16(6-12)26-17(20)21/h1,3-8,14,17H,9-10H2/t14-/m0/s1. The van der Waals surface area contributed by atoms with E-state index in [0.29, 0.717) is 16.7 Å². The molecule has 134 valence electrons. The molecule has 1 aromatic heterocycles. The van der Waals surface area contributed by atoms with Crippen molar-refractivity contribution < 1.29 is 27.4 Å². The predicted octanol–water partition coefficient (Wildman–Crippen LogP) is 3.44. The van der Waals surface area contributed by atoms with E-state index in [-0.39, 0.29) is 13.1 Å². The zero-order valence-electron chi connectivity index (χ0n) is 13.4. The van der Waals surface area contributed by atoms with E-state index in [1.807, 2.05) is 0 Å². The molecular weight excluding hydrogens is 349 g/mol. The minimum Gasteiger partial charge on any atom is -0.432 e. The zero-order valence-corrected chi connectivity index (χ0v) is 13.4. The summed E-state index contributed by atoms with van der Waals surface area (Å²) < 4.78 is 47.4. The molecule has 0 aliphatic carbocycles. The molecule has 0 radical (unpaired) electrons. The number of cyclic esters (lactones) is 1. The summed E-state index contributed by atoms with van der Waals surface area (Å²) in [5, 5.41) is 0. The van der Waals surface area contributed by atoms with Crippen LogP contribution in [0.5, 0.6) is 5.75 Å². The Morgan fingerprint density at radius 1 is 1.35 bits per heavy atom. The van der Waals surface area contributed by atoms with Crippen molar-refractivity contribution >= 4 is 6.09 Å². The van der Waals surface area contributed by atoms with Gasteiger partial charge in [0.25, 0.3) is 0 Å². The van der Waals surface area contributed by atoms with Crippen LogP contribution in [0.3, 0.4) is 0 Å².